The number of carbonyl (C=O) groups is 2. The predicted octanol–water partition coefficient (Wildman–Crippen LogP) is 4.13. The minimum atomic E-state index is -0.284. The van der Waals surface area contributed by atoms with Crippen LogP contribution in [0.5, 0.6) is 0 Å². The van der Waals surface area contributed by atoms with Gasteiger partial charge < -0.3 is 10.6 Å². The molecule has 0 unspecified atom stereocenters. The Morgan fingerprint density at radius 1 is 1.27 bits per heavy atom. The summed E-state index contributed by atoms with van der Waals surface area (Å²) in [6, 6.07) is 4.89. The summed E-state index contributed by atoms with van der Waals surface area (Å²) in [4.78, 5) is 27.6. The quantitative estimate of drug-likeness (QED) is 0.881. The Morgan fingerprint density at radius 3 is 2.59 bits per heavy atom. The van der Waals surface area contributed by atoms with Gasteiger partial charge in [-0.15, -0.1) is 11.3 Å². The van der Waals surface area contributed by atoms with Gasteiger partial charge in [0.1, 0.15) is 0 Å². The highest BCUT2D eigenvalue weighted by Crippen LogP contribution is 2.26. The van der Waals surface area contributed by atoms with Gasteiger partial charge in [0.25, 0.3) is 5.91 Å². The third-order valence-electron chi connectivity index (χ3n) is 2.84. The number of aromatic nitrogens is 1. The van der Waals surface area contributed by atoms with Gasteiger partial charge in [-0.25, -0.2) is 4.98 Å². The summed E-state index contributed by atoms with van der Waals surface area (Å²) in [7, 11) is 0. The van der Waals surface area contributed by atoms with Crippen molar-refractivity contribution in [1.29, 1.82) is 0 Å². The Hall–Kier alpha value is -1.92. The highest BCUT2D eigenvalue weighted by Gasteiger charge is 2.14. The molecule has 2 N–H and O–H groups in total. The SMILES string of the molecule is CC(=O)Nc1cc(NC(=O)c2nc(C(C)C)cs2)ccc1Cl. The van der Waals surface area contributed by atoms with Gasteiger partial charge in [-0.05, 0) is 24.1 Å². The number of benzene rings is 1. The van der Waals surface area contributed by atoms with E-state index in [1.54, 1.807) is 18.2 Å². The summed E-state index contributed by atoms with van der Waals surface area (Å²) in [5, 5.41) is 8.05. The van der Waals surface area contributed by atoms with E-state index < -0.39 is 0 Å². The molecule has 0 aliphatic carbocycles. The number of hydrogen-bond donors (Lipinski definition) is 2. The fourth-order valence-electron chi connectivity index (χ4n) is 1.73. The van der Waals surface area contributed by atoms with Gasteiger partial charge in [-0.2, -0.15) is 0 Å². The van der Waals surface area contributed by atoms with Crippen molar-refractivity contribution in [1.82, 2.24) is 4.98 Å². The summed E-state index contributed by atoms with van der Waals surface area (Å²) < 4.78 is 0. The number of carbonyl (C=O) groups excluding carboxylic acids is 2. The first-order valence-electron chi connectivity index (χ1n) is 6.70. The van der Waals surface area contributed by atoms with Crippen LogP contribution in [0.25, 0.3) is 0 Å². The van der Waals surface area contributed by atoms with Crippen LogP contribution in [-0.2, 0) is 4.79 Å². The van der Waals surface area contributed by atoms with E-state index >= 15 is 0 Å². The standard InChI is InChI=1S/C15H16ClN3O2S/c1-8(2)13-7-22-15(19-13)14(21)18-10-4-5-11(16)12(6-10)17-9(3)20/h4-8H,1-3H3,(H,17,20)(H,18,21). The number of nitrogens with one attached hydrogen (secondary N) is 2. The number of anilines is 2. The largest absolute Gasteiger partial charge is 0.325 e. The lowest BCUT2D eigenvalue weighted by atomic mass is 10.2. The molecule has 0 fully saturated rings. The monoisotopic (exact) mass is 337 g/mol. The Kier molecular flexibility index (Phi) is 5.15. The number of thiazole rings is 1. The van der Waals surface area contributed by atoms with Crippen LogP contribution >= 0.6 is 22.9 Å². The minimum Gasteiger partial charge on any atom is -0.325 e. The van der Waals surface area contributed by atoms with Gasteiger partial charge in [0.15, 0.2) is 5.01 Å². The van der Waals surface area contributed by atoms with Crippen LogP contribution in [0.4, 0.5) is 11.4 Å². The average Bonchev–Trinajstić information content (AvgIpc) is 2.92. The van der Waals surface area contributed by atoms with Crippen LogP contribution in [-0.4, -0.2) is 16.8 Å². The lowest BCUT2D eigenvalue weighted by Crippen LogP contribution is -2.12. The van der Waals surface area contributed by atoms with Crippen LogP contribution in [0.1, 0.15) is 42.2 Å². The molecule has 1 aromatic heterocycles. The molecule has 22 heavy (non-hydrogen) atoms. The van der Waals surface area contributed by atoms with E-state index in [4.69, 9.17) is 11.6 Å². The highest BCUT2D eigenvalue weighted by molar-refractivity contribution is 7.11. The van der Waals surface area contributed by atoms with Gasteiger partial charge in [-0.1, -0.05) is 25.4 Å². The lowest BCUT2D eigenvalue weighted by Gasteiger charge is -2.08. The van der Waals surface area contributed by atoms with Crippen molar-refractivity contribution in [3.05, 3.63) is 39.3 Å². The van der Waals surface area contributed by atoms with Crippen LogP contribution in [0.2, 0.25) is 5.02 Å². The normalized spacial score (nSPS) is 10.6. The molecule has 0 aliphatic heterocycles. The smallest absolute Gasteiger partial charge is 0.284 e. The van der Waals surface area contributed by atoms with Crippen molar-refractivity contribution < 1.29 is 9.59 Å². The molecule has 0 bridgehead atoms. The van der Waals surface area contributed by atoms with Crippen molar-refractivity contribution in [3.63, 3.8) is 0 Å². The van der Waals surface area contributed by atoms with E-state index in [9.17, 15) is 9.59 Å². The Bertz CT molecular complexity index is 713. The number of nitrogens with zero attached hydrogens (tertiary/aromatic N) is 1. The van der Waals surface area contributed by atoms with E-state index in [2.05, 4.69) is 15.6 Å². The van der Waals surface area contributed by atoms with Gasteiger partial charge in [0.2, 0.25) is 5.91 Å². The number of amides is 2. The fraction of sp³-hybridized carbons (Fsp3) is 0.267. The van der Waals surface area contributed by atoms with Crippen LogP contribution in [0, 0.1) is 0 Å². The molecule has 2 aromatic rings. The third-order valence-corrected chi connectivity index (χ3v) is 4.03. The molecule has 0 saturated heterocycles. The van der Waals surface area contributed by atoms with Gasteiger partial charge in [0, 0.05) is 18.0 Å². The van der Waals surface area contributed by atoms with Crippen molar-refractivity contribution in [2.45, 2.75) is 26.7 Å². The molecular weight excluding hydrogens is 322 g/mol. The molecular formula is C15H16ClN3O2S. The maximum Gasteiger partial charge on any atom is 0.284 e. The molecule has 2 rings (SSSR count). The first-order valence-corrected chi connectivity index (χ1v) is 7.96. The first-order chi connectivity index (χ1) is 10.4. The number of rotatable bonds is 4. The van der Waals surface area contributed by atoms with Gasteiger partial charge in [0.05, 0.1) is 16.4 Å². The van der Waals surface area contributed by atoms with Crippen molar-refractivity contribution in [2.24, 2.45) is 0 Å². The average molecular weight is 338 g/mol. The van der Waals surface area contributed by atoms with Crippen molar-refractivity contribution >= 4 is 46.1 Å². The zero-order valence-electron chi connectivity index (χ0n) is 12.4. The summed E-state index contributed by atoms with van der Waals surface area (Å²) in [5.74, 6) is -0.237. The zero-order valence-corrected chi connectivity index (χ0v) is 14.0. The van der Waals surface area contributed by atoms with Crippen LogP contribution < -0.4 is 10.6 Å². The van der Waals surface area contributed by atoms with Crippen LogP contribution in [0.15, 0.2) is 23.6 Å². The van der Waals surface area contributed by atoms with Gasteiger partial charge >= 0.3 is 0 Å². The fourth-order valence-corrected chi connectivity index (χ4v) is 2.77. The Labute approximate surface area is 137 Å². The summed E-state index contributed by atoms with van der Waals surface area (Å²) >= 11 is 7.30. The summed E-state index contributed by atoms with van der Waals surface area (Å²) in [6.45, 7) is 5.44. The number of halogens is 1. The van der Waals surface area contributed by atoms with Crippen molar-refractivity contribution in [3.8, 4) is 0 Å². The maximum atomic E-state index is 12.2. The second-order valence-electron chi connectivity index (χ2n) is 5.06. The molecule has 5 nitrogen and oxygen atoms in total. The molecule has 0 aliphatic rings. The molecule has 0 saturated carbocycles. The summed E-state index contributed by atoms with van der Waals surface area (Å²) in [6.07, 6.45) is 0. The van der Waals surface area contributed by atoms with Crippen LogP contribution in [0.3, 0.4) is 0 Å². The molecule has 0 atom stereocenters. The van der Waals surface area contributed by atoms with Crippen molar-refractivity contribution in [2.75, 3.05) is 10.6 Å². The van der Waals surface area contributed by atoms with E-state index in [0.717, 1.165) is 5.69 Å². The Morgan fingerprint density at radius 2 is 2.00 bits per heavy atom. The minimum absolute atomic E-state index is 0.230. The van der Waals surface area contributed by atoms with E-state index in [-0.39, 0.29) is 17.7 Å². The summed E-state index contributed by atoms with van der Waals surface area (Å²) in [5.41, 5.74) is 1.89. The maximum absolute atomic E-state index is 12.2. The molecule has 1 heterocycles. The highest BCUT2D eigenvalue weighted by atomic mass is 35.5. The Balaban J connectivity index is 2.15. The zero-order chi connectivity index (χ0) is 16.3. The van der Waals surface area contributed by atoms with Gasteiger partial charge in [-0.3, -0.25) is 9.59 Å². The molecule has 0 radical (unpaired) electrons. The lowest BCUT2D eigenvalue weighted by molar-refractivity contribution is -0.114. The predicted molar refractivity (Wildman–Crippen MR) is 89.9 cm³/mol. The van der Waals surface area contributed by atoms with E-state index in [1.807, 2.05) is 19.2 Å². The third kappa shape index (κ3) is 4.05. The molecule has 7 heteroatoms. The second-order valence-corrected chi connectivity index (χ2v) is 6.33. The van der Waals surface area contributed by atoms with E-state index in [1.165, 1.54) is 18.3 Å². The molecule has 0 spiro atoms. The first kappa shape index (κ1) is 16.5. The number of hydrogen-bond acceptors (Lipinski definition) is 4. The molecule has 2 amide bonds. The molecule has 116 valence electrons. The van der Waals surface area contributed by atoms with E-state index in [0.29, 0.717) is 21.4 Å². The molecule has 1 aromatic carbocycles. The topological polar surface area (TPSA) is 71.1 Å². The second kappa shape index (κ2) is 6.89.